The molecule has 0 amide bonds. The van der Waals surface area contributed by atoms with E-state index in [2.05, 4.69) is 33.0 Å². The van der Waals surface area contributed by atoms with Crippen LogP contribution in [0.5, 0.6) is 11.5 Å². The molecule has 1 rings (SSSR count). The summed E-state index contributed by atoms with van der Waals surface area (Å²) in [5.74, 6) is 1.33. The van der Waals surface area contributed by atoms with E-state index in [-0.39, 0.29) is 12.0 Å². The third-order valence-electron chi connectivity index (χ3n) is 3.46. The van der Waals surface area contributed by atoms with Crippen LogP contribution < -0.4 is 14.8 Å². The SMILES string of the molecule is COc1ccccc1OCC(O)CNC(C)C(C)(C)C. The lowest BCUT2D eigenvalue weighted by Gasteiger charge is -2.29. The van der Waals surface area contributed by atoms with Crippen molar-refractivity contribution in [3.8, 4) is 11.5 Å². The summed E-state index contributed by atoms with van der Waals surface area (Å²) in [6.45, 7) is 9.37. The highest BCUT2D eigenvalue weighted by atomic mass is 16.5. The molecule has 0 aliphatic rings. The Morgan fingerprint density at radius 3 is 2.35 bits per heavy atom. The zero-order valence-electron chi connectivity index (χ0n) is 13.1. The Kier molecular flexibility index (Phi) is 6.30. The summed E-state index contributed by atoms with van der Waals surface area (Å²) in [5.41, 5.74) is 0.170. The molecular weight excluding hydrogens is 254 g/mol. The Hall–Kier alpha value is -1.26. The van der Waals surface area contributed by atoms with Gasteiger partial charge in [0.1, 0.15) is 12.7 Å². The molecule has 0 saturated heterocycles. The first kappa shape index (κ1) is 16.8. The highest BCUT2D eigenvalue weighted by Gasteiger charge is 2.20. The van der Waals surface area contributed by atoms with Gasteiger partial charge in [-0.15, -0.1) is 0 Å². The van der Waals surface area contributed by atoms with Crippen molar-refractivity contribution in [2.24, 2.45) is 5.41 Å². The third kappa shape index (κ3) is 5.39. The summed E-state index contributed by atoms with van der Waals surface area (Å²) in [6.07, 6.45) is -0.551. The Morgan fingerprint density at radius 2 is 1.80 bits per heavy atom. The number of benzene rings is 1. The van der Waals surface area contributed by atoms with E-state index in [1.807, 2.05) is 24.3 Å². The summed E-state index contributed by atoms with van der Waals surface area (Å²) in [6, 6.07) is 7.75. The van der Waals surface area contributed by atoms with Crippen LogP contribution in [-0.2, 0) is 0 Å². The van der Waals surface area contributed by atoms with Gasteiger partial charge in [-0.2, -0.15) is 0 Å². The van der Waals surface area contributed by atoms with Crippen LogP contribution in [0.25, 0.3) is 0 Å². The van der Waals surface area contributed by atoms with Crippen molar-refractivity contribution in [3.63, 3.8) is 0 Å². The second-order valence-corrected chi connectivity index (χ2v) is 6.11. The summed E-state index contributed by atoms with van der Waals surface area (Å²) >= 11 is 0. The van der Waals surface area contributed by atoms with E-state index in [9.17, 15) is 5.11 Å². The van der Waals surface area contributed by atoms with Crippen molar-refractivity contribution in [1.82, 2.24) is 5.32 Å². The summed E-state index contributed by atoms with van der Waals surface area (Å²) in [4.78, 5) is 0. The molecule has 2 atom stereocenters. The molecule has 0 fully saturated rings. The number of rotatable bonds is 7. The molecule has 20 heavy (non-hydrogen) atoms. The van der Waals surface area contributed by atoms with Crippen LogP contribution in [0.4, 0.5) is 0 Å². The molecule has 4 nitrogen and oxygen atoms in total. The molecule has 0 aromatic heterocycles. The lowest BCUT2D eigenvalue weighted by molar-refractivity contribution is 0.0971. The van der Waals surface area contributed by atoms with Gasteiger partial charge in [0, 0.05) is 12.6 Å². The molecule has 2 unspecified atom stereocenters. The third-order valence-corrected chi connectivity index (χ3v) is 3.46. The minimum absolute atomic E-state index is 0.170. The lowest BCUT2D eigenvalue weighted by Crippen LogP contribution is -2.42. The first-order chi connectivity index (χ1) is 9.34. The molecule has 1 aromatic rings. The smallest absolute Gasteiger partial charge is 0.161 e. The topological polar surface area (TPSA) is 50.7 Å². The van der Waals surface area contributed by atoms with E-state index in [0.717, 1.165) is 0 Å². The average molecular weight is 281 g/mol. The van der Waals surface area contributed by atoms with Crippen molar-refractivity contribution in [2.45, 2.75) is 39.8 Å². The molecule has 0 bridgehead atoms. The predicted octanol–water partition coefficient (Wildman–Crippen LogP) is 2.46. The second kappa shape index (κ2) is 7.50. The fourth-order valence-corrected chi connectivity index (χ4v) is 1.60. The van der Waals surface area contributed by atoms with Crippen molar-refractivity contribution >= 4 is 0 Å². The molecule has 0 aliphatic heterocycles. The van der Waals surface area contributed by atoms with E-state index in [4.69, 9.17) is 9.47 Å². The molecule has 0 aliphatic carbocycles. The largest absolute Gasteiger partial charge is 0.493 e. The quantitative estimate of drug-likeness (QED) is 0.806. The van der Waals surface area contributed by atoms with Crippen molar-refractivity contribution < 1.29 is 14.6 Å². The zero-order chi connectivity index (χ0) is 15.2. The molecule has 0 radical (unpaired) electrons. The van der Waals surface area contributed by atoms with Gasteiger partial charge in [-0.05, 0) is 24.5 Å². The van der Waals surface area contributed by atoms with Gasteiger partial charge >= 0.3 is 0 Å². The highest BCUT2D eigenvalue weighted by molar-refractivity contribution is 5.39. The molecule has 114 valence electrons. The van der Waals surface area contributed by atoms with Crippen LogP contribution in [-0.4, -0.2) is 37.5 Å². The van der Waals surface area contributed by atoms with Gasteiger partial charge in [-0.25, -0.2) is 0 Å². The van der Waals surface area contributed by atoms with Crippen molar-refractivity contribution in [3.05, 3.63) is 24.3 Å². The van der Waals surface area contributed by atoms with Crippen molar-refractivity contribution in [2.75, 3.05) is 20.3 Å². The standard InChI is InChI=1S/C16H27NO3/c1-12(16(2,3)4)17-10-13(18)11-20-15-9-7-6-8-14(15)19-5/h6-9,12-13,17-18H,10-11H2,1-5H3. The van der Waals surface area contributed by atoms with E-state index in [1.54, 1.807) is 7.11 Å². The first-order valence-corrected chi connectivity index (χ1v) is 7.02. The van der Waals surface area contributed by atoms with Crippen LogP contribution in [0.15, 0.2) is 24.3 Å². The Bertz CT molecular complexity index is 401. The Balaban J connectivity index is 2.38. The fourth-order valence-electron chi connectivity index (χ4n) is 1.60. The van der Waals surface area contributed by atoms with Crippen LogP contribution in [0.1, 0.15) is 27.7 Å². The number of aliphatic hydroxyl groups excluding tert-OH is 1. The average Bonchev–Trinajstić information content (AvgIpc) is 2.41. The molecular formula is C16H27NO3. The van der Waals surface area contributed by atoms with Crippen molar-refractivity contribution in [1.29, 1.82) is 0 Å². The predicted molar refractivity (Wildman–Crippen MR) is 81.4 cm³/mol. The van der Waals surface area contributed by atoms with Gasteiger partial charge in [0.25, 0.3) is 0 Å². The summed E-state index contributed by atoms with van der Waals surface area (Å²) in [5, 5.41) is 13.3. The highest BCUT2D eigenvalue weighted by Crippen LogP contribution is 2.25. The first-order valence-electron chi connectivity index (χ1n) is 7.02. The van der Waals surface area contributed by atoms with E-state index >= 15 is 0 Å². The number of hydrogen-bond donors (Lipinski definition) is 2. The Labute approximate surface area is 122 Å². The lowest BCUT2D eigenvalue weighted by atomic mass is 9.88. The minimum atomic E-state index is -0.551. The van der Waals surface area contributed by atoms with Crippen LogP contribution >= 0.6 is 0 Å². The maximum atomic E-state index is 9.96. The van der Waals surface area contributed by atoms with Crippen LogP contribution in [0.3, 0.4) is 0 Å². The minimum Gasteiger partial charge on any atom is -0.493 e. The van der Waals surface area contributed by atoms with Crippen LogP contribution in [0, 0.1) is 5.41 Å². The zero-order valence-corrected chi connectivity index (χ0v) is 13.1. The van der Waals surface area contributed by atoms with Gasteiger partial charge in [-0.3, -0.25) is 0 Å². The van der Waals surface area contributed by atoms with E-state index < -0.39 is 6.10 Å². The molecule has 0 heterocycles. The van der Waals surface area contributed by atoms with E-state index in [1.165, 1.54) is 0 Å². The number of nitrogens with one attached hydrogen (secondary N) is 1. The van der Waals surface area contributed by atoms with Gasteiger partial charge in [-0.1, -0.05) is 32.9 Å². The van der Waals surface area contributed by atoms with Gasteiger partial charge in [0.2, 0.25) is 0 Å². The fraction of sp³-hybridized carbons (Fsp3) is 0.625. The molecule has 4 heteroatoms. The van der Waals surface area contributed by atoms with Crippen LogP contribution in [0.2, 0.25) is 0 Å². The molecule has 1 aromatic carbocycles. The molecule has 2 N–H and O–H groups in total. The number of methoxy groups -OCH3 is 1. The summed E-state index contributed by atoms with van der Waals surface area (Å²) < 4.78 is 10.8. The number of hydrogen-bond acceptors (Lipinski definition) is 4. The Morgan fingerprint density at radius 1 is 1.20 bits per heavy atom. The maximum Gasteiger partial charge on any atom is 0.161 e. The number of para-hydroxylation sites is 2. The van der Waals surface area contributed by atoms with E-state index in [0.29, 0.717) is 24.1 Å². The number of aliphatic hydroxyl groups is 1. The van der Waals surface area contributed by atoms with Gasteiger partial charge in [0.15, 0.2) is 11.5 Å². The van der Waals surface area contributed by atoms with Gasteiger partial charge < -0.3 is 19.9 Å². The molecule has 0 spiro atoms. The second-order valence-electron chi connectivity index (χ2n) is 6.11. The monoisotopic (exact) mass is 281 g/mol. The number of ether oxygens (including phenoxy) is 2. The summed E-state index contributed by atoms with van der Waals surface area (Å²) in [7, 11) is 1.60. The molecule has 0 saturated carbocycles. The normalized spacial score (nSPS) is 14.7. The maximum absolute atomic E-state index is 9.96. The van der Waals surface area contributed by atoms with Gasteiger partial charge in [0.05, 0.1) is 7.11 Å².